The average molecular weight is 412 g/mol. The molecule has 2 heterocycles. The predicted molar refractivity (Wildman–Crippen MR) is 120 cm³/mol. The van der Waals surface area contributed by atoms with Gasteiger partial charge >= 0.3 is 0 Å². The highest BCUT2D eigenvalue weighted by atomic mass is 16.3. The van der Waals surface area contributed by atoms with Crippen molar-refractivity contribution < 1.29 is 14.7 Å². The van der Waals surface area contributed by atoms with Crippen molar-refractivity contribution in [1.82, 2.24) is 9.97 Å². The number of nitrogens with two attached hydrogens (primary N) is 1. The van der Waals surface area contributed by atoms with E-state index in [4.69, 9.17) is 5.73 Å². The zero-order chi connectivity index (χ0) is 22.0. The lowest BCUT2D eigenvalue weighted by Crippen LogP contribution is -2.15. The van der Waals surface area contributed by atoms with Gasteiger partial charge in [-0.05, 0) is 47.0 Å². The third-order valence-corrected chi connectivity index (χ3v) is 4.90. The van der Waals surface area contributed by atoms with Gasteiger partial charge in [0, 0.05) is 22.7 Å². The first kappa shape index (κ1) is 19.9. The lowest BCUT2D eigenvalue weighted by Gasteiger charge is -2.07. The molecule has 0 radical (unpaired) electrons. The maximum Gasteiger partial charge on any atom is 0.248 e. The van der Waals surface area contributed by atoms with Crippen LogP contribution in [0.25, 0.3) is 27.7 Å². The van der Waals surface area contributed by atoms with Gasteiger partial charge in [0.05, 0.1) is 6.42 Å². The van der Waals surface area contributed by atoms with E-state index in [1.165, 1.54) is 0 Å². The number of phenols is 1. The first-order chi connectivity index (χ1) is 14.9. The molecule has 0 aliphatic carbocycles. The number of pyridine rings is 1. The van der Waals surface area contributed by atoms with Gasteiger partial charge in [-0.1, -0.05) is 36.9 Å². The minimum atomic E-state index is -0.566. The van der Waals surface area contributed by atoms with Crippen molar-refractivity contribution in [3.05, 3.63) is 84.6 Å². The number of hydrogen-bond donors (Lipinski definition) is 4. The van der Waals surface area contributed by atoms with Crippen LogP contribution in [0.2, 0.25) is 0 Å². The number of aromatic nitrogens is 2. The first-order valence-corrected chi connectivity index (χ1v) is 9.56. The van der Waals surface area contributed by atoms with E-state index in [1.54, 1.807) is 36.4 Å². The molecule has 0 fully saturated rings. The molecule has 154 valence electrons. The summed E-state index contributed by atoms with van der Waals surface area (Å²) in [6.45, 7) is 3.73. The molecule has 0 spiro atoms. The number of aromatic hydroxyl groups is 1. The molecule has 2 aromatic carbocycles. The topological polar surface area (TPSA) is 121 Å². The lowest BCUT2D eigenvalue weighted by molar-refractivity contribution is -0.115. The van der Waals surface area contributed by atoms with Gasteiger partial charge in [0.25, 0.3) is 0 Å². The number of carbonyl (C=O) groups excluding carboxylic acids is 2. The van der Waals surface area contributed by atoms with Gasteiger partial charge in [0.15, 0.2) is 0 Å². The van der Waals surface area contributed by atoms with E-state index in [0.29, 0.717) is 22.6 Å². The maximum atomic E-state index is 12.3. The fraction of sp³-hybridized carbons (Fsp3) is 0.0417. The van der Waals surface area contributed by atoms with Crippen molar-refractivity contribution in [2.75, 3.05) is 5.32 Å². The number of carbonyl (C=O) groups is 2. The largest absolute Gasteiger partial charge is 0.508 e. The summed E-state index contributed by atoms with van der Waals surface area (Å²) in [7, 11) is 0. The SMILES string of the molecule is C=C(C(N)=O)c1cccc(-c2c[nH]c3nc(NC(=O)Cc4cccc(O)c4)ccc23)c1. The van der Waals surface area contributed by atoms with Crippen molar-refractivity contribution >= 4 is 34.2 Å². The van der Waals surface area contributed by atoms with Crippen molar-refractivity contribution in [2.45, 2.75) is 6.42 Å². The average Bonchev–Trinajstić information content (AvgIpc) is 3.16. The minimum Gasteiger partial charge on any atom is -0.508 e. The number of benzene rings is 2. The van der Waals surface area contributed by atoms with Crippen LogP contribution in [0.1, 0.15) is 11.1 Å². The number of rotatable bonds is 6. The Hall–Kier alpha value is -4.39. The molecule has 4 rings (SSSR count). The van der Waals surface area contributed by atoms with E-state index in [1.807, 2.05) is 30.5 Å². The Morgan fingerprint density at radius 3 is 2.68 bits per heavy atom. The predicted octanol–water partition coefficient (Wildman–Crippen LogP) is 3.62. The van der Waals surface area contributed by atoms with E-state index in [-0.39, 0.29) is 23.7 Å². The second kappa shape index (κ2) is 8.16. The summed E-state index contributed by atoms with van der Waals surface area (Å²) in [5, 5.41) is 13.2. The number of anilines is 1. The second-order valence-electron chi connectivity index (χ2n) is 7.11. The molecule has 0 aliphatic heterocycles. The Morgan fingerprint density at radius 2 is 1.90 bits per heavy atom. The molecule has 0 atom stereocenters. The summed E-state index contributed by atoms with van der Waals surface area (Å²) in [4.78, 5) is 31.3. The first-order valence-electron chi connectivity index (χ1n) is 9.56. The van der Waals surface area contributed by atoms with E-state index in [9.17, 15) is 14.7 Å². The van der Waals surface area contributed by atoms with Gasteiger partial charge in [-0.2, -0.15) is 0 Å². The van der Waals surface area contributed by atoms with Crippen LogP contribution < -0.4 is 11.1 Å². The molecule has 0 aliphatic rings. The summed E-state index contributed by atoms with van der Waals surface area (Å²) in [5.41, 5.74) is 9.35. The van der Waals surface area contributed by atoms with Gasteiger partial charge in [0.2, 0.25) is 11.8 Å². The molecule has 2 aromatic heterocycles. The van der Waals surface area contributed by atoms with Crippen LogP contribution in [0, 0.1) is 0 Å². The van der Waals surface area contributed by atoms with E-state index < -0.39 is 5.91 Å². The van der Waals surface area contributed by atoms with Gasteiger partial charge in [-0.25, -0.2) is 4.98 Å². The Morgan fingerprint density at radius 1 is 1.10 bits per heavy atom. The number of H-pyrrole nitrogens is 1. The Balaban J connectivity index is 1.56. The molecule has 0 saturated carbocycles. The van der Waals surface area contributed by atoms with Crippen LogP contribution in [0.4, 0.5) is 5.82 Å². The summed E-state index contributed by atoms with van der Waals surface area (Å²) in [6, 6.07) is 17.6. The number of hydrogen-bond acceptors (Lipinski definition) is 4. The maximum absolute atomic E-state index is 12.3. The summed E-state index contributed by atoms with van der Waals surface area (Å²) >= 11 is 0. The number of nitrogens with zero attached hydrogens (tertiary/aromatic N) is 1. The zero-order valence-corrected chi connectivity index (χ0v) is 16.6. The second-order valence-corrected chi connectivity index (χ2v) is 7.11. The van der Waals surface area contributed by atoms with Gasteiger partial charge in [0.1, 0.15) is 17.2 Å². The summed E-state index contributed by atoms with van der Waals surface area (Å²) in [6.07, 6.45) is 1.95. The molecule has 7 nitrogen and oxygen atoms in total. The van der Waals surface area contributed by atoms with Gasteiger partial charge < -0.3 is 21.1 Å². The fourth-order valence-electron chi connectivity index (χ4n) is 3.37. The number of amides is 2. The summed E-state index contributed by atoms with van der Waals surface area (Å²) < 4.78 is 0. The van der Waals surface area contributed by atoms with Crippen LogP contribution in [0.5, 0.6) is 5.75 Å². The van der Waals surface area contributed by atoms with Gasteiger partial charge in [-0.3, -0.25) is 9.59 Å². The highest BCUT2D eigenvalue weighted by Gasteiger charge is 2.12. The molecule has 4 aromatic rings. The molecular formula is C24H20N4O3. The number of fused-ring (bicyclic) bond motifs is 1. The molecule has 0 unspecified atom stereocenters. The van der Waals surface area contributed by atoms with Crippen LogP contribution in [0.3, 0.4) is 0 Å². The van der Waals surface area contributed by atoms with Crippen molar-refractivity contribution in [1.29, 1.82) is 0 Å². The number of aromatic amines is 1. The fourth-order valence-corrected chi connectivity index (χ4v) is 3.37. The van der Waals surface area contributed by atoms with Crippen LogP contribution in [-0.4, -0.2) is 26.9 Å². The summed E-state index contributed by atoms with van der Waals surface area (Å²) in [5.74, 6) is -0.264. The van der Waals surface area contributed by atoms with Crippen LogP contribution in [-0.2, 0) is 16.0 Å². The van der Waals surface area contributed by atoms with E-state index in [0.717, 1.165) is 16.5 Å². The lowest BCUT2D eigenvalue weighted by atomic mass is 9.99. The van der Waals surface area contributed by atoms with Crippen LogP contribution in [0.15, 0.2) is 73.4 Å². The minimum absolute atomic E-state index is 0.118. The molecular weight excluding hydrogens is 392 g/mol. The quantitative estimate of drug-likeness (QED) is 0.361. The third-order valence-electron chi connectivity index (χ3n) is 4.90. The smallest absolute Gasteiger partial charge is 0.248 e. The molecule has 0 saturated heterocycles. The van der Waals surface area contributed by atoms with Crippen molar-refractivity contribution in [3.63, 3.8) is 0 Å². The van der Waals surface area contributed by atoms with Gasteiger partial charge in [-0.15, -0.1) is 0 Å². The monoisotopic (exact) mass is 412 g/mol. The third kappa shape index (κ3) is 4.30. The Labute approximate surface area is 178 Å². The van der Waals surface area contributed by atoms with Crippen molar-refractivity contribution in [2.24, 2.45) is 5.73 Å². The standard InChI is InChI=1S/C24H20N4O3/c1-14(23(25)31)16-5-3-6-17(12-16)20-13-26-24-19(20)8-9-21(28-24)27-22(30)11-15-4-2-7-18(29)10-15/h2-10,12-13,29H,1,11H2,(H2,25,31)(H2,26,27,28,30). The number of phenolic OH excluding ortho intramolecular Hbond substituents is 1. The molecule has 2 amide bonds. The molecule has 31 heavy (non-hydrogen) atoms. The number of nitrogens with one attached hydrogen (secondary N) is 2. The molecule has 7 heteroatoms. The normalized spacial score (nSPS) is 10.7. The highest BCUT2D eigenvalue weighted by molar-refractivity contribution is 6.18. The van der Waals surface area contributed by atoms with E-state index >= 15 is 0 Å². The van der Waals surface area contributed by atoms with Crippen molar-refractivity contribution in [3.8, 4) is 16.9 Å². The number of primary amides is 1. The molecule has 5 N–H and O–H groups in total. The zero-order valence-electron chi connectivity index (χ0n) is 16.6. The Bertz CT molecular complexity index is 1320. The van der Waals surface area contributed by atoms with E-state index in [2.05, 4.69) is 21.9 Å². The highest BCUT2D eigenvalue weighted by Crippen LogP contribution is 2.30. The Kier molecular flexibility index (Phi) is 5.24. The van der Waals surface area contributed by atoms with Crippen LogP contribution >= 0.6 is 0 Å². The molecule has 0 bridgehead atoms.